The zero-order chi connectivity index (χ0) is 11.7. The maximum absolute atomic E-state index is 12.9. The van der Waals surface area contributed by atoms with Crippen LogP contribution in [-0.4, -0.2) is 18.1 Å². The first-order valence-electron chi connectivity index (χ1n) is 4.73. The van der Waals surface area contributed by atoms with Gasteiger partial charge in [-0.2, -0.15) is 0 Å². The third-order valence-corrected chi connectivity index (χ3v) is 2.40. The number of aromatic nitrogens is 1. The summed E-state index contributed by atoms with van der Waals surface area (Å²) in [5.74, 6) is -0.875. The fourth-order valence-corrected chi connectivity index (χ4v) is 1.54. The molecule has 1 heterocycles. The number of nitrogens with two attached hydrogens (primary N) is 1. The Kier molecular flexibility index (Phi) is 2.62. The Hall–Kier alpha value is -1.88. The summed E-state index contributed by atoms with van der Waals surface area (Å²) in [5.41, 5.74) is 6.76. The summed E-state index contributed by atoms with van der Waals surface area (Å²) in [6.45, 7) is 0. The van der Waals surface area contributed by atoms with Gasteiger partial charge in [0.05, 0.1) is 7.11 Å². The van der Waals surface area contributed by atoms with Crippen molar-refractivity contribution < 1.29 is 13.9 Å². The summed E-state index contributed by atoms with van der Waals surface area (Å²) >= 11 is 0. The van der Waals surface area contributed by atoms with Crippen molar-refractivity contribution in [3.05, 3.63) is 35.8 Å². The average molecular weight is 222 g/mol. The highest BCUT2D eigenvalue weighted by Crippen LogP contribution is 2.20. The Morgan fingerprint density at radius 3 is 2.94 bits per heavy atom. The Balaban J connectivity index is 2.43. The van der Waals surface area contributed by atoms with E-state index >= 15 is 0 Å². The number of esters is 1. The van der Waals surface area contributed by atoms with Gasteiger partial charge in [0.2, 0.25) is 0 Å². The van der Waals surface area contributed by atoms with Crippen LogP contribution in [0.1, 0.15) is 11.7 Å². The molecule has 0 aliphatic rings. The molecule has 0 saturated heterocycles. The first-order chi connectivity index (χ1) is 7.61. The van der Waals surface area contributed by atoms with Crippen LogP contribution in [0.25, 0.3) is 10.9 Å². The minimum Gasteiger partial charge on any atom is -0.468 e. The molecule has 0 saturated carbocycles. The van der Waals surface area contributed by atoms with E-state index in [0.29, 0.717) is 11.2 Å². The minimum atomic E-state index is -0.875. The fraction of sp³-hybridized carbons (Fsp3) is 0.182. The molecule has 1 atom stereocenters. The lowest BCUT2D eigenvalue weighted by Crippen LogP contribution is -2.22. The standard InChI is InChI=1S/C11H11FN2O2/c1-16-11(15)10(13)9-4-6-2-3-7(12)5-8(6)14-9/h2-5,10,14H,13H2,1H3. The first kappa shape index (κ1) is 10.6. The van der Waals surface area contributed by atoms with Crippen molar-refractivity contribution in [2.45, 2.75) is 6.04 Å². The summed E-state index contributed by atoms with van der Waals surface area (Å²) < 4.78 is 17.5. The molecule has 4 nitrogen and oxygen atoms in total. The molecule has 0 spiro atoms. The van der Waals surface area contributed by atoms with E-state index in [1.807, 2.05) is 0 Å². The number of fused-ring (bicyclic) bond motifs is 1. The molecule has 0 bridgehead atoms. The van der Waals surface area contributed by atoms with Crippen LogP contribution in [0.4, 0.5) is 4.39 Å². The van der Waals surface area contributed by atoms with E-state index in [-0.39, 0.29) is 5.82 Å². The van der Waals surface area contributed by atoms with Crippen LogP contribution in [-0.2, 0) is 9.53 Å². The highest BCUT2D eigenvalue weighted by atomic mass is 19.1. The second-order valence-electron chi connectivity index (χ2n) is 3.46. The third kappa shape index (κ3) is 1.77. The summed E-state index contributed by atoms with van der Waals surface area (Å²) in [5, 5.41) is 0.802. The molecule has 0 amide bonds. The van der Waals surface area contributed by atoms with E-state index in [1.54, 1.807) is 12.1 Å². The molecule has 0 radical (unpaired) electrons. The SMILES string of the molecule is COC(=O)C(N)c1cc2ccc(F)cc2[nH]1. The summed E-state index contributed by atoms with van der Waals surface area (Å²) in [7, 11) is 1.27. The number of H-pyrrole nitrogens is 1. The van der Waals surface area contributed by atoms with Gasteiger partial charge in [0.1, 0.15) is 11.9 Å². The van der Waals surface area contributed by atoms with Crippen LogP contribution in [0, 0.1) is 5.82 Å². The molecule has 1 unspecified atom stereocenters. The van der Waals surface area contributed by atoms with Crippen molar-refractivity contribution in [2.24, 2.45) is 5.73 Å². The van der Waals surface area contributed by atoms with E-state index in [0.717, 1.165) is 5.39 Å². The van der Waals surface area contributed by atoms with Crippen LogP contribution in [0.5, 0.6) is 0 Å². The molecule has 84 valence electrons. The predicted octanol–water partition coefficient (Wildman–Crippen LogP) is 1.48. The molecule has 0 aliphatic heterocycles. The number of carbonyl (C=O) groups is 1. The molecule has 16 heavy (non-hydrogen) atoms. The maximum Gasteiger partial charge on any atom is 0.328 e. The smallest absolute Gasteiger partial charge is 0.328 e. The third-order valence-electron chi connectivity index (χ3n) is 2.40. The molecule has 0 aliphatic carbocycles. The zero-order valence-corrected chi connectivity index (χ0v) is 8.66. The Morgan fingerprint density at radius 1 is 1.50 bits per heavy atom. The van der Waals surface area contributed by atoms with Crippen LogP contribution in [0.15, 0.2) is 24.3 Å². The van der Waals surface area contributed by atoms with Crippen LogP contribution in [0.3, 0.4) is 0 Å². The van der Waals surface area contributed by atoms with Crippen LogP contribution < -0.4 is 5.73 Å². The molecule has 5 heteroatoms. The largest absolute Gasteiger partial charge is 0.468 e. The van der Waals surface area contributed by atoms with Gasteiger partial charge in [-0.3, -0.25) is 0 Å². The van der Waals surface area contributed by atoms with E-state index in [9.17, 15) is 9.18 Å². The van der Waals surface area contributed by atoms with Gasteiger partial charge in [-0.1, -0.05) is 0 Å². The lowest BCUT2D eigenvalue weighted by molar-refractivity contribution is -0.142. The number of carbonyl (C=O) groups excluding carboxylic acids is 1. The second kappa shape index (κ2) is 3.94. The number of hydrogen-bond donors (Lipinski definition) is 2. The topological polar surface area (TPSA) is 68.1 Å². The van der Waals surface area contributed by atoms with E-state index in [2.05, 4.69) is 9.72 Å². The molecule has 1 aromatic carbocycles. The van der Waals surface area contributed by atoms with Crippen molar-refractivity contribution in [3.63, 3.8) is 0 Å². The van der Waals surface area contributed by atoms with Gasteiger partial charge >= 0.3 is 5.97 Å². The zero-order valence-electron chi connectivity index (χ0n) is 8.66. The Labute approximate surface area is 91.2 Å². The van der Waals surface area contributed by atoms with Crippen LogP contribution >= 0.6 is 0 Å². The normalized spacial score (nSPS) is 12.7. The number of rotatable bonds is 2. The highest BCUT2D eigenvalue weighted by Gasteiger charge is 2.18. The van der Waals surface area contributed by atoms with Crippen molar-refractivity contribution in [2.75, 3.05) is 7.11 Å². The van der Waals surface area contributed by atoms with Crippen molar-refractivity contribution >= 4 is 16.9 Å². The molecule has 1 aromatic heterocycles. The molecular formula is C11H11FN2O2. The summed E-state index contributed by atoms with van der Waals surface area (Å²) in [6.07, 6.45) is 0. The maximum atomic E-state index is 12.9. The lowest BCUT2D eigenvalue weighted by atomic mass is 10.2. The number of nitrogens with one attached hydrogen (secondary N) is 1. The predicted molar refractivity (Wildman–Crippen MR) is 57.2 cm³/mol. The molecule has 2 rings (SSSR count). The fourth-order valence-electron chi connectivity index (χ4n) is 1.54. The first-order valence-corrected chi connectivity index (χ1v) is 4.73. The lowest BCUT2D eigenvalue weighted by Gasteiger charge is -2.05. The number of benzene rings is 1. The second-order valence-corrected chi connectivity index (χ2v) is 3.46. The molecule has 2 aromatic rings. The van der Waals surface area contributed by atoms with Gasteiger partial charge in [-0.15, -0.1) is 0 Å². The quantitative estimate of drug-likeness (QED) is 0.756. The minimum absolute atomic E-state index is 0.340. The molecular weight excluding hydrogens is 211 g/mol. The Morgan fingerprint density at radius 2 is 2.25 bits per heavy atom. The van der Waals surface area contributed by atoms with Gasteiger partial charge in [-0.25, -0.2) is 9.18 Å². The van der Waals surface area contributed by atoms with E-state index in [1.165, 1.54) is 19.2 Å². The van der Waals surface area contributed by atoms with Gasteiger partial charge in [0.15, 0.2) is 0 Å². The number of methoxy groups -OCH3 is 1. The number of aromatic amines is 1. The van der Waals surface area contributed by atoms with Crippen molar-refractivity contribution in [1.29, 1.82) is 0 Å². The van der Waals surface area contributed by atoms with Crippen molar-refractivity contribution in [1.82, 2.24) is 4.98 Å². The average Bonchev–Trinajstić information content (AvgIpc) is 2.69. The van der Waals surface area contributed by atoms with Crippen LogP contribution in [0.2, 0.25) is 0 Å². The van der Waals surface area contributed by atoms with Gasteiger partial charge < -0.3 is 15.5 Å². The van der Waals surface area contributed by atoms with Gasteiger partial charge in [-0.05, 0) is 29.7 Å². The van der Waals surface area contributed by atoms with E-state index in [4.69, 9.17) is 5.73 Å². The van der Waals surface area contributed by atoms with Gasteiger partial charge in [0.25, 0.3) is 0 Å². The number of ether oxygens (including phenoxy) is 1. The van der Waals surface area contributed by atoms with Gasteiger partial charge in [0, 0.05) is 11.2 Å². The number of hydrogen-bond acceptors (Lipinski definition) is 3. The summed E-state index contributed by atoms with van der Waals surface area (Å²) in [4.78, 5) is 14.1. The Bertz CT molecular complexity index is 536. The highest BCUT2D eigenvalue weighted by molar-refractivity contribution is 5.84. The van der Waals surface area contributed by atoms with Crippen molar-refractivity contribution in [3.8, 4) is 0 Å². The molecule has 3 N–H and O–H groups in total. The molecule has 0 fully saturated rings. The summed E-state index contributed by atoms with van der Waals surface area (Å²) in [6, 6.07) is 5.15. The monoisotopic (exact) mass is 222 g/mol. The number of halogens is 1. The van der Waals surface area contributed by atoms with E-state index < -0.39 is 12.0 Å².